The summed E-state index contributed by atoms with van der Waals surface area (Å²) < 4.78 is 18.1. The third-order valence-electron chi connectivity index (χ3n) is 5.88. The smallest absolute Gasteiger partial charge is 0.262 e. The molecule has 176 valence electrons. The van der Waals surface area contributed by atoms with E-state index in [1.165, 1.54) is 5.01 Å². The molecule has 4 rings (SSSR count). The molecule has 1 unspecified atom stereocenters. The number of rotatable bonds is 8. The second-order valence-corrected chi connectivity index (χ2v) is 8.53. The molecule has 9 nitrogen and oxygen atoms in total. The Kier molecular flexibility index (Phi) is 6.69. The highest BCUT2D eigenvalue weighted by molar-refractivity contribution is 6.02. The zero-order valence-electron chi connectivity index (χ0n) is 19.5. The van der Waals surface area contributed by atoms with E-state index in [0.717, 1.165) is 17.0 Å². The fraction of sp³-hybridized carbons (Fsp3) is 0.458. The molecule has 3 heterocycles. The Morgan fingerprint density at radius 1 is 1.24 bits per heavy atom. The zero-order chi connectivity index (χ0) is 23.5. The molecule has 2 amide bonds. The van der Waals surface area contributed by atoms with Gasteiger partial charge in [0.1, 0.15) is 6.54 Å². The summed E-state index contributed by atoms with van der Waals surface area (Å²) in [6.07, 6.45) is 2.51. The number of fused-ring (bicyclic) bond motifs is 1. The largest absolute Gasteiger partial charge is 0.454 e. The lowest BCUT2D eigenvalue weighted by Crippen LogP contribution is -2.44. The maximum absolute atomic E-state index is 13.5. The first-order valence-corrected chi connectivity index (χ1v) is 11.1. The van der Waals surface area contributed by atoms with Gasteiger partial charge in [-0.25, -0.2) is 5.01 Å². The number of methoxy groups -OCH3 is 1. The van der Waals surface area contributed by atoms with E-state index in [1.807, 2.05) is 62.0 Å². The first-order chi connectivity index (χ1) is 15.9. The number of hydrogen-bond acceptors (Lipinski definition) is 6. The maximum atomic E-state index is 13.5. The first-order valence-electron chi connectivity index (χ1n) is 11.1. The predicted molar refractivity (Wildman–Crippen MR) is 122 cm³/mol. The molecule has 1 aromatic carbocycles. The van der Waals surface area contributed by atoms with Crippen LogP contribution in [-0.4, -0.2) is 65.6 Å². The molecule has 33 heavy (non-hydrogen) atoms. The molecule has 0 saturated carbocycles. The lowest BCUT2D eigenvalue weighted by atomic mass is 10.00. The first kappa shape index (κ1) is 22.8. The van der Waals surface area contributed by atoms with E-state index in [1.54, 1.807) is 12.0 Å². The van der Waals surface area contributed by atoms with E-state index in [-0.39, 0.29) is 37.1 Å². The summed E-state index contributed by atoms with van der Waals surface area (Å²) in [5.41, 5.74) is 2.67. The molecule has 9 heteroatoms. The number of aromatic nitrogens is 1. The van der Waals surface area contributed by atoms with Gasteiger partial charge in [-0.1, -0.05) is 19.9 Å². The number of carbonyl (C=O) groups excluding carboxylic acids is 2. The van der Waals surface area contributed by atoms with Crippen molar-refractivity contribution in [1.29, 1.82) is 0 Å². The Labute approximate surface area is 193 Å². The third-order valence-corrected chi connectivity index (χ3v) is 5.88. The molecule has 0 saturated heterocycles. The molecule has 2 aliphatic heterocycles. The average Bonchev–Trinajstić information content (AvgIpc) is 3.54. The van der Waals surface area contributed by atoms with Crippen LogP contribution < -0.4 is 9.47 Å². The highest BCUT2D eigenvalue weighted by Crippen LogP contribution is 2.39. The number of carbonyl (C=O) groups is 2. The van der Waals surface area contributed by atoms with Crippen molar-refractivity contribution < 1.29 is 23.8 Å². The third kappa shape index (κ3) is 4.73. The molecule has 1 aromatic heterocycles. The number of ether oxygens (including phenoxy) is 3. The normalized spacial score (nSPS) is 16.9. The van der Waals surface area contributed by atoms with Crippen molar-refractivity contribution >= 4 is 17.5 Å². The highest BCUT2D eigenvalue weighted by atomic mass is 16.7. The van der Waals surface area contributed by atoms with Crippen molar-refractivity contribution in [2.45, 2.75) is 26.3 Å². The van der Waals surface area contributed by atoms with Gasteiger partial charge < -0.3 is 23.7 Å². The number of hydrogen-bond donors (Lipinski definition) is 0. The fourth-order valence-electron chi connectivity index (χ4n) is 4.11. The molecule has 0 N–H and O–H groups in total. The lowest BCUT2D eigenvalue weighted by molar-refractivity contribution is -0.143. The van der Waals surface area contributed by atoms with Crippen LogP contribution in [0.4, 0.5) is 0 Å². The van der Waals surface area contributed by atoms with Crippen molar-refractivity contribution in [3.05, 3.63) is 47.8 Å². The van der Waals surface area contributed by atoms with E-state index >= 15 is 0 Å². The van der Waals surface area contributed by atoms with Crippen LogP contribution in [0.2, 0.25) is 0 Å². The van der Waals surface area contributed by atoms with Crippen LogP contribution in [0.25, 0.3) is 0 Å². The van der Waals surface area contributed by atoms with Crippen LogP contribution in [0, 0.1) is 5.92 Å². The zero-order valence-corrected chi connectivity index (χ0v) is 19.5. The SMILES string of the molecule is COCCN(CC(=O)N1N=C(c2cccn2C)CC1c1ccc2c(c1)OCO2)C(=O)C(C)C. The molecule has 0 spiro atoms. The Morgan fingerprint density at radius 3 is 2.73 bits per heavy atom. The predicted octanol–water partition coefficient (Wildman–Crippen LogP) is 2.56. The minimum atomic E-state index is -0.310. The molecule has 0 fully saturated rings. The van der Waals surface area contributed by atoms with Crippen LogP contribution in [-0.2, 0) is 21.4 Å². The molecule has 0 bridgehead atoms. The summed E-state index contributed by atoms with van der Waals surface area (Å²) in [4.78, 5) is 27.7. The van der Waals surface area contributed by atoms with Crippen LogP contribution in [0.1, 0.15) is 37.6 Å². The number of aryl methyl sites for hydroxylation is 1. The minimum Gasteiger partial charge on any atom is -0.454 e. The van der Waals surface area contributed by atoms with Gasteiger partial charge in [-0.05, 0) is 29.8 Å². The van der Waals surface area contributed by atoms with Crippen molar-refractivity contribution in [3.8, 4) is 11.5 Å². The monoisotopic (exact) mass is 454 g/mol. The number of nitrogens with zero attached hydrogens (tertiary/aromatic N) is 4. The maximum Gasteiger partial charge on any atom is 0.262 e. The topological polar surface area (TPSA) is 85.6 Å². The van der Waals surface area contributed by atoms with Gasteiger partial charge in [0.15, 0.2) is 11.5 Å². The standard InChI is InChI=1S/C24H30N4O5/c1-16(2)24(30)27(10-11-31-4)14-23(29)28-20(13-18(25-28)19-6-5-9-26(19)3)17-7-8-21-22(12-17)33-15-32-21/h5-9,12,16,20H,10-11,13-15H2,1-4H3. The molecular formula is C24H30N4O5. The van der Waals surface area contributed by atoms with Gasteiger partial charge in [-0.15, -0.1) is 0 Å². The summed E-state index contributed by atoms with van der Waals surface area (Å²) in [7, 11) is 3.53. The molecule has 1 atom stereocenters. The van der Waals surface area contributed by atoms with Crippen molar-refractivity contribution in [2.75, 3.05) is 33.6 Å². The summed E-state index contributed by atoms with van der Waals surface area (Å²) in [5.74, 6) is 0.786. The molecule has 2 aromatic rings. The van der Waals surface area contributed by atoms with Crippen molar-refractivity contribution in [2.24, 2.45) is 18.1 Å². The van der Waals surface area contributed by atoms with Crippen molar-refractivity contribution in [1.82, 2.24) is 14.5 Å². The van der Waals surface area contributed by atoms with Gasteiger partial charge in [-0.3, -0.25) is 9.59 Å². The van der Waals surface area contributed by atoms with Gasteiger partial charge in [0.05, 0.1) is 24.1 Å². The van der Waals surface area contributed by atoms with Crippen molar-refractivity contribution in [3.63, 3.8) is 0 Å². The Morgan fingerprint density at radius 2 is 2.03 bits per heavy atom. The van der Waals surface area contributed by atoms with Gasteiger partial charge in [-0.2, -0.15) is 5.10 Å². The number of amides is 2. The highest BCUT2D eigenvalue weighted by Gasteiger charge is 2.36. The average molecular weight is 455 g/mol. The molecule has 2 aliphatic rings. The number of benzene rings is 1. The summed E-state index contributed by atoms with van der Waals surface area (Å²) in [6.45, 7) is 4.47. The summed E-state index contributed by atoms with van der Waals surface area (Å²) in [5, 5.41) is 6.23. The van der Waals surface area contributed by atoms with Gasteiger partial charge in [0, 0.05) is 39.2 Å². The second kappa shape index (κ2) is 9.66. The van der Waals surface area contributed by atoms with Crippen LogP contribution in [0.5, 0.6) is 11.5 Å². The van der Waals surface area contributed by atoms with E-state index in [2.05, 4.69) is 0 Å². The molecular weight excluding hydrogens is 424 g/mol. The van der Waals surface area contributed by atoms with Crippen LogP contribution in [0.15, 0.2) is 41.6 Å². The van der Waals surface area contributed by atoms with Gasteiger partial charge in [0.25, 0.3) is 5.91 Å². The fourth-order valence-corrected chi connectivity index (χ4v) is 4.11. The van der Waals surface area contributed by atoms with Gasteiger partial charge >= 0.3 is 0 Å². The van der Waals surface area contributed by atoms with E-state index in [0.29, 0.717) is 31.1 Å². The Bertz CT molecular complexity index is 1060. The summed E-state index contributed by atoms with van der Waals surface area (Å²) >= 11 is 0. The minimum absolute atomic E-state index is 0.0641. The summed E-state index contributed by atoms with van der Waals surface area (Å²) in [6, 6.07) is 9.31. The molecule has 0 aliphatic carbocycles. The van der Waals surface area contributed by atoms with E-state index < -0.39 is 0 Å². The lowest BCUT2D eigenvalue weighted by Gasteiger charge is -2.28. The molecule has 0 radical (unpaired) electrons. The van der Waals surface area contributed by atoms with Crippen LogP contribution >= 0.6 is 0 Å². The number of hydrazone groups is 1. The van der Waals surface area contributed by atoms with E-state index in [4.69, 9.17) is 19.3 Å². The van der Waals surface area contributed by atoms with Gasteiger partial charge in [0.2, 0.25) is 12.7 Å². The van der Waals surface area contributed by atoms with Crippen LogP contribution in [0.3, 0.4) is 0 Å². The Balaban J connectivity index is 1.63. The Hall–Kier alpha value is -3.33. The van der Waals surface area contributed by atoms with E-state index in [9.17, 15) is 9.59 Å². The second-order valence-electron chi connectivity index (χ2n) is 8.53. The quantitative estimate of drug-likeness (QED) is 0.612.